The van der Waals surface area contributed by atoms with E-state index < -0.39 is 5.60 Å². The summed E-state index contributed by atoms with van der Waals surface area (Å²) < 4.78 is 10.9. The summed E-state index contributed by atoms with van der Waals surface area (Å²) in [6, 6.07) is 0. The van der Waals surface area contributed by atoms with Crippen molar-refractivity contribution in [2.45, 2.75) is 45.5 Å². The Morgan fingerprint density at radius 1 is 1.50 bits per heavy atom. The average molecular weight is 230 g/mol. The molecule has 1 amide bonds. The van der Waals surface area contributed by atoms with Gasteiger partial charge in [0.25, 0.3) is 0 Å². The number of carbonyl (C=O) groups excluding carboxylic acids is 1. The van der Waals surface area contributed by atoms with Crippen molar-refractivity contribution < 1.29 is 14.3 Å². The van der Waals surface area contributed by atoms with E-state index >= 15 is 0 Å². The highest BCUT2D eigenvalue weighted by Gasteiger charge is 2.30. The van der Waals surface area contributed by atoms with E-state index in [0.29, 0.717) is 19.6 Å². The largest absolute Gasteiger partial charge is 0.444 e. The van der Waals surface area contributed by atoms with Gasteiger partial charge in [-0.15, -0.1) is 0 Å². The lowest BCUT2D eigenvalue weighted by Gasteiger charge is -2.37. The minimum Gasteiger partial charge on any atom is -0.444 e. The van der Waals surface area contributed by atoms with E-state index in [2.05, 4.69) is 0 Å². The van der Waals surface area contributed by atoms with Gasteiger partial charge in [0.1, 0.15) is 5.60 Å². The fourth-order valence-electron chi connectivity index (χ4n) is 1.65. The van der Waals surface area contributed by atoms with Gasteiger partial charge in [-0.25, -0.2) is 4.79 Å². The van der Waals surface area contributed by atoms with Crippen LogP contribution in [0.4, 0.5) is 4.79 Å². The van der Waals surface area contributed by atoms with E-state index in [0.717, 1.165) is 0 Å². The van der Waals surface area contributed by atoms with E-state index in [9.17, 15) is 4.79 Å². The average Bonchev–Trinajstić information content (AvgIpc) is 2.14. The molecule has 0 unspecified atom stereocenters. The zero-order valence-electron chi connectivity index (χ0n) is 10.5. The highest BCUT2D eigenvalue weighted by molar-refractivity contribution is 5.68. The Morgan fingerprint density at radius 3 is 2.62 bits per heavy atom. The fourth-order valence-corrected chi connectivity index (χ4v) is 1.65. The van der Waals surface area contributed by atoms with Crippen LogP contribution < -0.4 is 5.73 Å². The molecule has 94 valence electrons. The lowest BCUT2D eigenvalue weighted by atomic mass is 10.2. The number of ether oxygens (including phenoxy) is 2. The number of nitrogens with two attached hydrogens (primary N) is 1. The van der Waals surface area contributed by atoms with Gasteiger partial charge < -0.3 is 20.1 Å². The lowest BCUT2D eigenvalue weighted by molar-refractivity contribution is -0.0757. The van der Waals surface area contributed by atoms with E-state index in [-0.39, 0.29) is 18.3 Å². The van der Waals surface area contributed by atoms with Crippen molar-refractivity contribution in [2.75, 3.05) is 19.6 Å². The lowest BCUT2D eigenvalue weighted by Crippen LogP contribution is -2.52. The quantitative estimate of drug-likeness (QED) is 0.729. The van der Waals surface area contributed by atoms with Crippen molar-refractivity contribution in [3.8, 4) is 0 Å². The summed E-state index contributed by atoms with van der Waals surface area (Å²) in [5.74, 6) is 0. The van der Waals surface area contributed by atoms with Crippen molar-refractivity contribution in [1.82, 2.24) is 4.90 Å². The Kier molecular flexibility index (Phi) is 4.15. The Bertz CT molecular complexity index is 250. The van der Waals surface area contributed by atoms with Crippen LogP contribution in [-0.4, -0.2) is 48.4 Å². The van der Waals surface area contributed by atoms with Gasteiger partial charge in [-0.1, -0.05) is 0 Å². The summed E-state index contributed by atoms with van der Waals surface area (Å²) in [6.07, 6.45) is -0.368. The molecule has 0 radical (unpaired) electrons. The Labute approximate surface area is 96.9 Å². The summed E-state index contributed by atoms with van der Waals surface area (Å²) in [5, 5.41) is 0. The molecular weight excluding hydrogens is 208 g/mol. The van der Waals surface area contributed by atoms with E-state index in [4.69, 9.17) is 15.2 Å². The number of hydrogen-bond donors (Lipinski definition) is 1. The Hall–Kier alpha value is -0.810. The summed E-state index contributed by atoms with van der Waals surface area (Å²) >= 11 is 0. The van der Waals surface area contributed by atoms with Gasteiger partial charge in [0.05, 0.1) is 25.3 Å². The Balaban J connectivity index is 2.55. The van der Waals surface area contributed by atoms with Gasteiger partial charge in [0.15, 0.2) is 0 Å². The molecule has 1 fully saturated rings. The predicted molar refractivity (Wildman–Crippen MR) is 61.2 cm³/mol. The van der Waals surface area contributed by atoms with Crippen LogP contribution >= 0.6 is 0 Å². The maximum atomic E-state index is 11.8. The topological polar surface area (TPSA) is 64.8 Å². The highest BCUT2D eigenvalue weighted by Crippen LogP contribution is 2.15. The van der Waals surface area contributed by atoms with Gasteiger partial charge in [0.2, 0.25) is 0 Å². The van der Waals surface area contributed by atoms with Crippen molar-refractivity contribution in [3.05, 3.63) is 0 Å². The third-order valence-electron chi connectivity index (χ3n) is 2.24. The summed E-state index contributed by atoms with van der Waals surface area (Å²) in [6.45, 7) is 8.99. The molecule has 0 aromatic heterocycles. The van der Waals surface area contributed by atoms with Crippen LogP contribution in [0.5, 0.6) is 0 Å². The number of nitrogens with zero attached hydrogens (tertiary/aromatic N) is 1. The van der Waals surface area contributed by atoms with Gasteiger partial charge >= 0.3 is 6.09 Å². The molecule has 0 spiro atoms. The molecule has 2 N–H and O–H groups in total. The SMILES string of the molecule is C[C@H]1CN(C(=O)OC(C)(C)C)C[C@@H](CN)O1. The van der Waals surface area contributed by atoms with Crippen molar-refractivity contribution in [1.29, 1.82) is 0 Å². The smallest absolute Gasteiger partial charge is 0.410 e. The number of amides is 1. The second-order valence-corrected chi connectivity index (χ2v) is 5.19. The maximum Gasteiger partial charge on any atom is 0.410 e. The first-order chi connectivity index (χ1) is 7.31. The Morgan fingerprint density at radius 2 is 2.12 bits per heavy atom. The number of hydrogen-bond acceptors (Lipinski definition) is 4. The van der Waals surface area contributed by atoms with E-state index in [1.165, 1.54) is 0 Å². The molecule has 5 heteroatoms. The minimum atomic E-state index is -0.461. The second-order valence-electron chi connectivity index (χ2n) is 5.19. The van der Waals surface area contributed by atoms with Crippen LogP contribution in [-0.2, 0) is 9.47 Å². The number of morpholine rings is 1. The second kappa shape index (κ2) is 5.01. The van der Waals surface area contributed by atoms with E-state index in [1.54, 1.807) is 4.90 Å². The molecule has 0 aromatic carbocycles. The third kappa shape index (κ3) is 3.98. The van der Waals surface area contributed by atoms with E-state index in [1.807, 2.05) is 27.7 Å². The van der Waals surface area contributed by atoms with Crippen LogP contribution in [0.2, 0.25) is 0 Å². The first-order valence-corrected chi connectivity index (χ1v) is 5.65. The molecule has 1 aliphatic rings. The molecule has 0 aromatic rings. The van der Waals surface area contributed by atoms with Crippen LogP contribution in [0, 0.1) is 0 Å². The summed E-state index contributed by atoms with van der Waals surface area (Å²) in [7, 11) is 0. The number of carbonyl (C=O) groups is 1. The molecule has 0 bridgehead atoms. The van der Waals surface area contributed by atoms with Crippen LogP contribution in [0.1, 0.15) is 27.7 Å². The normalized spacial score (nSPS) is 26.7. The standard InChI is InChI=1S/C11H22N2O3/c1-8-6-13(7-9(5-12)15-8)10(14)16-11(2,3)4/h8-9H,5-7,12H2,1-4H3/t8-,9+/m0/s1. The molecule has 1 heterocycles. The first kappa shape index (κ1) is 13.3. The molecule has 1 rings (SSSR count). The van der Waals surface area contributed by atoms with Gasteiger partial charge in [-0.05, 0) is 27.7 Å². The van der Waals surface area contributed by atoms with Crippen LogP contribution in [0.25, 0.3) is 0 Å². The number of rotatable bonds is 1. The predicted octanol–water partition coefficient (Wildman–Crippen LogP) is 0.970. The van der Waals surface area contributed by atoms with Gasteiger partial charge in [-0.3, -0.25) is 0 Å². The zero-order chi connectivity index (χ0) is 12.3. The monoisotopic (exact) mass is 230 g/mol. The molecule has 0 saturated carbocycles. The fraction of sp³-hybridized carbons (Fsp3) is 0.909. The highest BCUT2D eigenvalue weighted by atomic mass is 16.6. The van der Waals surface area contributed by atoms with Gasteiger partial charge in [0, 0.05) is 6.54 Å². The zero-order valence-corrected chi connectivity index (χ0v) is 10.5. The molecular formula is C11H22N2O3. The summed E-state index contributed by atoms with van der Waals surface area (Å²) in [5.41, 5.74) is 5.09. The molecule has 5 nitrogen and oxygen atoms in total. The summed E-state index contributed by atoms with van der Waals surface area (Å²) in [4.78, 5) is 13.5. The molecule has 1 saturated heterocycles. The van der Waals surface area contributed by atoms with Crippen LogP contribution in [0.3, 0.4) is 0 Å². The molecule has 0 aliphatic carbocycles. The van der Waals surface area contributed by atoms with Crippen LogP contribution in [0.15, 0.2) is 0 Å². The van der Waals surface area contributed by atoms with Gasteiger partial charge in [-0.2, -0.15) is 0 Å². The minimum absolute atomic E-state index is 0.00909. The maximum absolute atomic E-state index is 11.8. The molecule has 16 heavy (non-hydrogen) atoms. The molecule has 2 atom stereocenters. The third-order valence-corrected chi connectivity index (χ3v) is 2.24. The van der Waals surface area contributed by atoms with Crippen molar-refractivity contribution in [2.24, 2.45) is 5.73 Å². The molecule has 1 aliphatic heterocycles. The first-order valence-electron chi connectivity index (χ1n) is 5.65. The van der Waals surface area contributed by atoms with Crippen molar-refractivity contribution in [3.63, 3.8) is 0 Å². The van der Waals surface area contributed by atoms with Crippen molar-refractivity contribution >= 4 is 6.09 Å².